The minimum absolute atomic E-state index is 0.0531. The van der Waals surface area contributed by atoms with Gasteiger partial charge in [0.05, 0.1) is 0 Å². The molecule has 2 rings (SSSR count). The molecule has 1 unspecified atom stereocenters. The van der Waals surface area contributed by atoms with E-state index in [9.17, 15) is 4.39 Å². The quantitative estimate of drug-likeness (QED) is 0.864. The zero-order chi connectivity index (χ0) is 14.6. The minimum atomic E-state index is -0.172. The van der Waals surface area contributed by atoms with Crippen LogP contribution in [0.2, 0.25) is 0 Å². The predicted octanol–water partition coefficient (Wildman–Crippen LogP) is 3.35. The van der Waals surface area contributed by atoms with E-state index in [1.807, 2.05) is 6.07 Å². The zero-order valence-electron chi connectivity index (χ0n) is 12.7. The van der Waals surface area contributed by atoms with E-state index < -0.39 is 0 Å². The standard InChI is InChI=1S/C17H27FN2/c1-3-17(4-2,20-10-5-6-11-20)16(19)13-14-8-7-9-15(18)12-14/h7-9,12,16H,3-6,10-11,13,19H2,1-2H3. The fourth-order valence-electron chi connectivity index (χ4n) is 3.73. The number of nitrogens with two attached hydrogens (primary N) is 1. The van der Waals surface area contributed by atoms with Crippen LogP contribution in [0.1, 0.15) is 45.1 Å². The third-order valence-corrected chi connectivity index (χ3v) is 5.00. The van der Waals surface area contributed by atoms with Gasteiger partial charge in [-0.3, -0.25) is 4.90 Å². The van der Waals surface area contributed by atoms with Gasteiger partial charge in [0.25, 0.3) is 0 Å². The first kappa shape index (κ1) is 15.5. The number of hydrogen-bond donors (Lipinski definition) is 1. The predicted molar refractivity (Wildman–Crippen MR) is 82.2 cm³/mol. The Morgan fingerprint density at radius 1 is 1.25 bits per heavy atom. The third-order valence-electron chi connectivity index (χ3n) is 5.00. The van der Waals surface area contributed by atoms with Crippen LogP contribution in [0.4, 0.5) is 4.39 Å². The van der Waals surface area contributed by atoms with Crippen molar-refractivity contribution in [1.29, 1.82) is 0 Å². The van der Waals surface area contributed by atoms with Gasteiger partial charge >= 0.3 is 0 Å². The van der Waals surface area contributed by atoms with Crippen LogP contribution in [0.3, 0.4) is 0 Å². The first-order valence-electron chi connectivity index (χ1n) is 7.87. The molecule has 0 radical (unpaired) electrons. The molecule has 3 heteroatoms. The summed E-state index contributed by atoms with van der Waals surface area (Å²) in [5.41, 5.74) is 7.63. The van der Waals surface area contributed by atoms with E-state index in [4.69, 9.17) is 5.73 Å². The monoisotopic (exact) mass is 278 g/mol. The zero-order valence-corrected chi connectivity index (χ0v) is 12.7. The van der Waals surface area contributed by atoms with E-state index in [0.717, 1.165) is 37.9 Å². The summed E-state index contributed by atoms with van der Waals surface area (Å²) in [5.74, 6) is -0.172. The molecular formula is C17H27FN2. The van der Waals surface area contributed by atoms with Crippen molar-refractivity contribution >= 4 is 0 Å². The summed E-state index contributed by atoms with van der Waals surface area (Å²) >= 11 is 0. The van der Waals surface area contributed by atoms with Crippen molar-refractivity contribution in [2.45, 2.75) is 57.5 Å². The van der Waals surface area contributed by atoms with Gasteiger partial charge in [-0.05, 0) is 62.9 Å². The molecule has 0 saturated carbocycles. The molecule has 1 aliphatic heterocycles. The first-order valence-corrected chi connectivity index (χ1v) is 7.87. The van der Waals surface area contributed by atoms with Crippen LogP contribution in [0.15, 0.2) is 24.3 Å². The molecule has 112 valence electrons. The lowest BCUT2D eigenvalue weighted by Gasteiger charge is -2.45. The molecule has 0 spiro atoms. The van der Waals surface area contributed by atoms with Gasteiger partial charge < -0.3 is 5.73 Å². The summed E-state index contributed by atoms with van der Waals surface area (Å²) in [5, 5.41) is 0. The van der Waals surface area contributed by atoms with E-state index in [-0.39, 0.29) is 17.4 Å². The molecule has 20 heavy (non-hydrogen) atoms. The molecule has 1 aliphatic rings. The number of halogens is 1. The Morgan fingerprint density at radius 2 is 1.90 bits per heavy atom. The van der Waals surface area contributed by atoms with Gasteiger partial charge in [0.2, 0.25) is 0 Å². The van der Waals surface area contributed by atoms with Crippen molar-refractivity contribution in [3.05, 3.63) is 35.6 Å². The summed E-state index contributed by atoms with van der Waals surface area (Å²) in [4.78, 5) is 2.57. The van der Waals surface area contributed by atoms with Crippen LogP contribution in [0.5, 0.6) is 0 Å². The van der Waals surface area contributed by atoms with E-state index >= 15 is 0 Å². The molecule has 1 heterocycles. The average molecular weight is 278 g/mol. The fourth-order valence-corrected chi connectivity index (χ4v) is 3.73. The second-order valence-electron chi connectivity index (χ2n) is 5.95. The molecule has 0 aromatic heterocycles. The maximum Gasteiger partial charge on any atom is 0.123 e. The highest BCUT2D eigenvalue weighted by atomic mass is 19.1. The highest BCUT2D eigenvalue weighted by Gasteiger charge is 2.40. The molecule has 1 fully saturated rings. The molecule has 0 amide bonds. The van der Waals surface area contributed by atoms with Crippen molar-refractivity contribution in [3.63, 3.8) is 0 Å². The smallest absolute Gasteiger partial charge is 0.123 e. The van der Waals surface area contributed by atoms with Gasteiger partial charge in [-0.15, -0.1) is 0 Å². The molecule has 1 aromatic carbocycles. The van der Waals surface area contributed by atoms with E-state index in [0.29, 0.717) is 0 Å². The van der Waals surface area contributed by atoms with Gasteiger partial charge in [-0.2, -0.15) is 0 Å². The lowest BCUT2D eigenvalue weighted by Crippen LogP contribution is -2.59. The van der Waals surface area contributed by atoms with Gasteiger partial charge in [-0.25, -0.2) is 4.39 Å². The Morgan fingerprint density at radius 3 is 2.45 bits per heavy atom. The lowest BCUT2D eigenvalue weighted by atomic mass is 9.80. The first-order chi connectivity index (χ1) is 9.62. The van der Waals surface area contributed by atoms with Crippen LogP contribution in [0, 0.1) is 5.82 Å². The molecule has 1 atom stereocenters. The number of hydrogen-bond acceptors (Lipinski definition) is 2. The van der Waals surface area contributed by atoms with Crippen molar-refractivity contribution in [2.75, 3.05) is 13.1 Å². The third kappa shape index (κ3) is 3.04. The average Bonchev–Trinajstić information content (AvgIpc) is 2.95. The number of nitrogens with zero attached hydrogens (tertiary/aromatic N) is 1. The van der Waals surface area contributed by atoms with Crippen molar-refractivity contribution in [3.8, 4) is 0 Å². The van der Waals surface area contributed by atoms with E-state index in [2.05, 4.69) is 18.7 Å². The fraction of sp³-hybridized carbons (Fsp3) is 0.647. The van der Waals surface area contributed by atoms with Gasteiger partial charge in [0, 0.05) is 11.6 Å². The van der Waals surface area contributed by atoms with Crippen LogP contribution >= 0.6 is 0 Å². The van der Waals surface area contributed by atoms with Gasteiger partial charge in [0.15, 0.2) is 0 Å². The SMILES string of the molecule is CCC(CC)(C(N)Cc1cccc(F)c1)N1CCCC1. The van der Waals surface area contributed by atoms with Crippen LogP contribution in [-0.2, 0) is 6.42 Å². The molecule has 0 aliphatic carbocycles. The lowest BCUT2D eigenvalue weighted by molar-refractivity contribution is 0.0768. The summed E-state index contributed by atoms with van der Waals surface area (Å²) in [6.45, 7) is 6.76. The van der Waals surface area contributed by atoms with Gasteiger partial charge in [0.1, 0.15) is 5.82 Å². The number of rotatable bonds is 6. The van der Waals surface area contributed by atoms with Crippen LogP contribution < -0.4 is 5.73 Å². The Labute approximate surface area is 122 Å². The Balaban J connectivity index is 2.16. The van der Waals surface area contributed by atoms with Crippen molar-refractivity contribution in [1.82, 2.24) is 4.90 Å². The molecule has 1 aromatic rings. The Hall–Kier alpha value is -0.930. The van der Waals surface area contributed by atoms with Crippen LogP contribution in [0.25, 0.3) is 0 Å². The van der Waals surface area contributed by atoms with Crippen molar-refractivity contribution in [2.24, 2.45) is 5.73 Å². The maximum absolute atomic E-state index is 13.3. The summed E-state index contributed by atoms with van der Waals surface area (Å²) in [6.07, 6.45) is 5.40. The molecule has 2 N–H and O–H groups in total. The highest BCUT2D eigenvalue weighted by molar-refractivity contribution is 5.19. The minimum Gasteiger partial charge on any atom is -0.326 e. The second kappa shape index (κ2) is 6.68. The normalized spacial score (nSPS) is 18.4. The highest BCUT2D eigenvalue weighted by Crippen LogP contribution is 2.32. The topological polar surface area (TPSA) is 29.3 Å². The maximum atomic E-state index is 13.3. The molecule has 0 bridgehead atoms. The summed E-state index contributed by atoms with van der Waals surface area (Å²) < 4.78 is 13.3. The van der Waals surface area contributed by atoms with Crippen LogP contribution in [-0.4, -0.2) is 29.6 Å². The largest absolute Gasteiger partial charge is 0.326 e. The Bertz CT molecular complexity index is 423. The van der Waals surface area contributed by atoms with E-state index in [1.54, 1.807) is 12.1 Å². The van der Waals surface area contributed by atoms with Crippen molar-refractivity contribution < 1.29 is 4.39 Å². The Kier molecular flexibility index (Phi) is 5.17. The van der Waals surface area contributed by atoms with Gasteiger partial charge in [-0.1, -0.05) is 26.0 Å². The number of benzene rings is 1. The molecule has 1 saturated heterocycles. The molecule has 2 nitrogen and oxygen atoms in total. The molecular weight excluding hydrogens is 251 g/mol. The van der Waals surface area contributed by atoms with E-state index in [1.165, 1.54) is 18.9 Å². The second-order valence-corrected chi connectivity index (χ2v) is 5.95. The summed E-state index contributed by atoms with van der Waals surface area (Å²) in [7, 11) is 0. The summed E-state index contributed by atoms with van der Waals surface area (Å²) in [6, 6.07) is 6.90. The number of likely N-dealkylation sites (tertiary alicyclic amines) is 1.